The molecule has 2 aromatic rings. The maximum absolute atomic E-state index is 6.08. The standard InChI is InChI=1S/C14H16ClN3O/c1-8-4-5-17-14(13(8)16)18-11-6-9(2)10(15)7-12(11)19-3/h4-7H,16H2,1-3H3,(H,17,18). The molecule has 100 valence electrons. The number of aryl methyl sites for hydroxylation is 2. The maximum atomic E-state index is 6.08. The van der Waals surface area contributed by atoms with Crippen molar-refractivity contribution in [2.75, 3.05) is 18.2 Å². The number of ether oxygens (including phenoxy) is 1. The molecule has 0 unspecified atom stereocenters. The van der Waals surface area contributed by atoms with E-state index in [0.717, 1.165) is 16.8 Å². The van der Waals surface area contributed by atoms with Gasteiger partial charge in [-0.1, -0.05) is 11.6 Å². The first kappa shape index (κ1) is 13.5. The van der Waals surface area contributed by atoms with E-state index in [4.69, 9.17) is 22.1 Å². The second kappa shape index (κ2) is 5.36. The summed E-state index contributed by atoms with van der Waals surface area (Å²) in [6.45, 7) is 3.87. The molecule has 0 fully saturated rings. The van der Waals surface area contributed by atoms with Crippen LogP contribution in [0.25, 0.3) is 0 Å². The van der Waals surface area contributed by atoms with E-state index in [1.165, 1.54) is 0 Å². The zero-order valence-electron chi connectivity index (χ0n) is 11.1. The van der Waals surface area contributed by atoms with Crippen LogP contribution < -0.4 is 15.8 Å². The second-order valence-corrected chi connectivity index (χ2v) is 4.72. The van der Waals surface area contributed by atoms with Gasteiger partial charge in [0.05, 0.1) is 18.5 Å². The first-order valence-corrected chi connectivity index (χ1v) is 6.23. The number of methoxy groups -OCH3 is 1. The second-order valence-electron chi connectivity index (χ2n) is 4.32. The van der Waals surface area contributed by atoms with Crippen molar-refractivity contribution in [2.24, 2.45) is 0 Å². The lowest BCUT2D eigenvalue weighted by atomic mass is 10.2. The lowest BCUT2D eigenvalue weighted by Crippen LogP contribution is -2.02. The van der Waals surface area contributed by atoms with E-state index < -0.39 is 0 Å². The molecule has 0 bridgehead atoms. The van der Waals surface area contributed by atoms with Gasteiger partial charge in [0.1, 0.15) is 5.75 Å². The number of nitrogens with zero attached hydrogens (tertiary/aromatic N) is 1. The molecule has 3 N–H and O–H groups in total. The predicted molar refractivity (Wildman–Crippen MR) is 79.4 cm³/mol. The average Bonchev–Trinajstić information content (AvgIpc) is 2.39. The van der Waals surface area contributed by atoms with Crippen LogP contribution in [0.5, 0.6) is 5.75 Å². The Bertz CT molecular complexity index is 614. The Labute approximate surface area is 117 Å². The number of benzene rings is 1. The molecule has 0 aliphatic rings. The Morgan fingerprint density at radius 1 is 1.26 bits per heavy atom. The molecule has 1 heterocycles. The molecule has 0 atom stereocenters. The van der Waals surface area contributed by atoms with Crippen LogP contribution in [0.2, 0.25) is 5.02 Å². The third-order valence-corrected chi connectivity index (χ3v) is 3.35. The lowest BCUT2D eigenvalue weighted by molar-refractivity contribution is 0.416. The minimum absolute atomic E-state index is 0.611. The van der Waals surface area contributed by atoms with Crippen molar-refractivity contribution in [3.63, 3.8) is 0 Å². The highest BCUT2D eigenvalue weighted by Crippen LogP contribution is 2.34. The van der Waals surface area contributed by atoms with Crippen molar-refractivity contribution < 1.29 is 4.74 Å². The first-order valence-electron chi connectivity index (χ1n) is 5.85. The Balaban J connectivity index is 2.43. The van der Waals surface area contributed by atoms with Gasteiger partial charge in [-0.15, -0.1) is 0 Å². The molecule has 1 aromatic heterocycles. The van der Waals surface area contributed by atoms with E-state index in [0.29, 0.717) is 22.3 Å². The average molecular weight is 278 g/mol. The van der Waals surface area contributed by atoms with Crippen LogP contribution in [-0.2, 0) is 0 Å². The van der Waals surface area contributed by atoms with Crippen molar-refractivity contribution in [3.05, 3.63) is 40.5 Å². The number of nitrogens with one attached hydrogen (secondary N) is 1. The van der Waals surface area contributed by atoms with Gasteiger partial charge >= 0.3 is 0 Å². The number of nitrogens with two attached hydrogens (primary N) is 1. The summed E-state index contributed by atoms with van der Waals surface area (Å²) in [4.78, 5) is 4.24. The summed E-state index contributed by atoms with van der Waals surface area (Å²) in [5.74, 6) is 1.26. The molecule has 0 spiro atoms. The van der Waals surface area contributed by atoms with Gasteiger partial charge in [-0.05, 0) is 37.1 Å². The zero-order chi connectivity index (χ0) is 14.0. The molecule has 0 radical (unpaired) electrons. The van der Waals surface area contributed by atoms with Crippen molar-refractivity contribution in [2.45, 2.75) is 13.8 Å². The summed E-state index contributed by atoms with van der Waals surface area (Å²) in [5, 5.41) is 3.84. The van der Waals surface area contributed by atoms with Gasteiger partial charge in [0, 0.05) is 17.3 Å². The Morgan fingerprint density at radius 3 is 2.68 bits per heavy atom. The molecular formula is C14H16ClN3O. The van der Waals surface area contributed by atoms with Crippen LogP contribution in [0.1, 0.15) is 11.1 Å². The first-order chi connectivity index (χ1) is 9.02. The van der Waals surface area contributed by atoms with Crippen molar-refractivity contribution in [3.8, 4) is 5.75 Å². The highest BCUT2D eigenvalue weighted by molar-refractivity contribution is 6.31. The van der Waals surface area contributed by atoms with Gasteiger partial charge in [-0.3, -0.25) is 0 Å². The van der Waals surface area contributed by atoms with E-state index in [-0.39, 0.29) is 0 Å². The van der Waals surface area contributed by atoms with Crippen LogP contribution >= 0.6 is 11.6 Å². The smallest absolute Gasteiger partial charge is 0.153 e. The molecule has 0 aliphatic carbocycles. The lowest BCUT2D eigenvalue weighted by Gasteiger charge is -2.14. The topological polar surface area (TPSA) is 60.2 Å². The quantitative estimate of drug-likeness (QED) is 0.898. The SMILES string of the molecule is COc1cc(Cl)c(C)cc1Nc1nccc(C)c1N. The predicted octanol–water partition coefficient (Wildman–Crippen LogP) is 3.69. The summed E-state index contributed by atoms with van der Waals surface area (Å²) in [6.07, 6.45) is 1.71. The monoisotopic (exact) mass is 277 g/mol. The van der Waals surface area contributed by atoms with Crippen LogP contribution in [0.3, 0.4) is 0 Å². The van der Waals surface area contributed by atoms with Gasteiger partial charge in [0.25, 0.3) is 0 Å². The van der Waals surface area contributed by atoms with Crippen molar-refractivity contribution in [1.29, 1.82) is 0 Å². The normalized spacial score (nSPS) is 10.3. The molecule has 19 heavy (non-hydrogen) atoms. The van der Waals surface area contributed by atoms with E-state index >= 15 is 0 Å². The number of anilines is 3. The van der Waals surface area contributed by atoms with E-state index in [1.54, 1.807) is 19.4 Å². The molecule has 0 saturated heterocycles. The van der Waals surface area contributed by atoms with Crippen LogP contribution in [0.15, 0.2) is 24.4 Å². The van der Waals surface area contributed by atoms with Crippen molar-refractivity contribution >= 4 is 28.8 Å². The third-order valence-electron chi connectivity index (χ3n) is 2.94. The highest BCUT2D eigenvalue weighted by Gasteiger charge is 2.10. The van der Waals surface area contributed by atoms with E-state index in [9.17, 15) is 0 Å². The maximum Gasteiger partial charge on any atom is 0.153 e. The van der Waals surface area contributed by atoms with Crippen LogP contribution in [-0.4, -0.2) is 12.1 Å². The number of pyridine rings is 1. The Kier molecular flexibility index (Phi) is 3.81. The summed E-state index contributed by atoms with van der Waals surface area (Å²) < 4.78 is 5.31. The van der Waals surface area contributed by atoms with Crippen LogP contribution in [0.4, 0.5) is 17.2 Å². The number of hydrogen-bond acceptors (Lipinski definition) is 4. The molecule has 0 aliphatic heterocycles. The van der Waals surface area contributed by atoms with Gasteiger partial charge in [-0.25, -0.2) is 4.98 Å². The summed E-state index contributed by atoms with van der Waals surface area (Å²) in [6, 6.07) is 5.54. The minimum atomic E-state index is 0.611. The van der Waals surface area contributed by atoms with Crippen molar-refractivity contribution in [1.82, 2.24) is 4.98 Å². The van der Waals surface area contributed by atoms with Crippen LogP contribution in [0, 0.1) is 13.8 Å². The fourth-order valence-corrected chi connectivity index (χ4v) is 1.88. The Morgan fingerprint density at radius 2 is 2.00 bits per heavy atom. The van der Waals surface area contributed by atoms with E-state index in [2.05, 4.69) is 10.3 Å². The number of hydrogen-bond donors (Lipinski definition) is 2. The molecule has 5 heteroatoms. The summed E-state index contributed by atoms with van der Waals surface area (Å²) in [5.41, 5.74) is 9.34. The van der Waals surface area contributed by atoms with Gasteiger partial charge in [0.2, 0.25) is 0 Å². The third kappa shape index (κ3) is 2.74. The number of nitrogen functional groups attached to an aromatic ring is 1. The molecule has 0 amide bonds. The Hall–Kier alpha value is -1.94. The zero-order valence-corrected chi connectivity index (χ0v) is 11.9. The number of halogens is 1. The minimum Gasteiger partial charge on any atom is -0.495 e. The molecular weight excluding hydrogens is 262 g/mol. The number of aromatic nitrogens is 1. The highest BCUT2D eigenvalue weighted by atomic mass is 35.5. The van der Waals surface area contributed by atoms with Gasteiger partial charge in [0.15, 0.2) is 5.82 Å². The summed E-state index contributed by atoms with van der Waals surface area (Å²) >= 11 is 6.08. The molecule has 1 aromatic carbocycles. The summed E-state index contributed by atoms with van der Waals surface area (Å²) in [7, 11) is 1.60. The fraction of sp³-hybridized carbons (Fsp3) is 0.214. The van der Waals surface area contributed by atoms with Gasteiger partial charge in [-0.2, -0.15) is 0 Å². The fourth-order valence-electron chi connectivity index (χ4n) is 1.73. The number of rotatable bonds is 3. The molecule has 4 nitrogen and oxygen atoms in total. The molecule has 2 rings (SSSR count). The van der Waals surface area contributed by atoms with Gasteiger partial charge < -0.3 is 15.8 Å². The largest absolute Gasteiger partial charge is 0.495 e. The van der Waals surface area contributed by atoms with E-state index in [1.807, 2.05) is 26.0 Å². The molecule has 0 saturated carbocycles.